The van der Waals surface area contributed by atoms with Crippen molar-refractivity contribution in [2.24, 2.45) is 0 Å². The van der Waals surface area contributed by atoms with E-state index in [1.807, 2.05) is 4.57 Å². The molecule has 0 spiro atoms. The van der Waals surface area contributed by atoms with Crippen molar-refractivity contribution in [2.75, 3.05) is 0 Å². The first-order valence-electron chi connectivity index (χ1n) is 4.03. The molecule has 2 rings (SSSR count). The lowest BCUT2D eigenvalue weighted by Crippen LogP contribution is -2.20. The van der Waals surface area contributed by atoms with Crippen LogP contribution in [0.1, 0.15) is 27.5 Å². The first-order chi connectivity index (χ1) is 5.11. The highest BCUT2D eigenvalue weighted by atomic mass is 15.3. The molecule has 2 heterocycles. The normalized spacial score (nSPS) is 22.4. The van der Waals surface area contributed by atoms with Gasteiger partial charge in [0.25, 0.3) is 0 Å². The summed E-state index contributed by atoms with van der Waals surface area (Å²) in [5, 5.41) is 7.63. The molecule has 1 aliphatic rings. The van der Waals surface area contributed by atoms with Crippen molar-refractivity contribution in [1.29, 1.82) is 0 Å². The molecule has 0 bridgehead atoms. The summed E-state index contributed by atoms with van der Waals surface area (Å²) >= 11 is 0. The van der Waals surface area contributed by atoms with E-state index in [2.05, 4.69) is 24.0 Å². The van der Waals surface area contributed by atoms with E-state index in [1.54, 1.807) is 0 Å². The molecule has 0 fully saturated rings. The van der Waals surface area contributed by atoms with Gasteiger partial charge in [-0.1, -0.05) is 0 Å². The average molecular weight is 138 g/mol. The van der Waals surface area contributed by atoms with Crippen LogP contribution in [0.3, 0.4) is 0 Å². The van der Waals surface area contributed by atoms with E-state index < -0.39 is 0 Å². The summed E-state index contributed by atoms with van der Waals surface area (Å²) in [6.45, 7) is 4.23. The quantitative estimate of drug-likeness (QED) is 0.534. The Kier molecular flexibility index (Phi) is 0.777. The SMILES string of the molecule is [2H]c1nnc2n1C(C)(C)CC2. The van der Waals surface area contributed by atoms with Crippen molar-refractivity contribution >= 4 is 0 Å². The van der Waals surface area contributed by atoms with Crippen LogP contribution in [0, 0.1) is 0 Å². The maximum Gasteiger partial charge on any atom is 0.133 e. The zero-order valence-electron chi connectivity index (χ0n) is 7.26. The van der Waals surface area contributed by atoms with E-state index in [4.69, 9.17) is 1.37 Å². The highest BCUT2D eigenvalue weighted by Gasteiger charge is 2.29. The molecule has 0 amide bonds. The Labute approximate surface area is 61.5 Å². The molecule has 3 nitrogen and oxygen atoms in total. The zero-order valence-corrected chi connectivity index (χ0v) is 6.26. The van der Waals surface area contributed by atoms with Crippen molar-refractivity contribution in [1.82, 2.24) is 14.8 Å². The summed E-state index contributed by atoms with van der Waals surface area (Å²) < 4.78 is 9.39. The van der Waals surface area contributed by atoms with Crippen LogP contribution in [0.5, 0.6) is 0 Å². The summed E-state index contributed by atoms with van der Waals surface area (Å²) in [7, 11) is 0. The standard InChI is InChI=1S/C7H11N3/c1-7(2)4-3-6-9-8-5-10(6)7/h5H,3-4H2,1-2H3/i5D. The molecule has 1 aromatic rings. The Hall–Kier alpha value is -0.860. The number of aromatic nitrogens is 3. The monoisotopic (exact) mass is 138 g/mol. The third kappa shape index (κ3) is 0.602. The van der Waals surface area contributed by atoms with Gasteiger partial charge < -0.3 is 4.57 Å². The smallest absolute Gasteiger partial charge is 0.133 e. The van der Waals surface area contributed by atoms with Crippen LogP contribution >= 0.6 is 0 Å². The fourth-order valence-electron chi connectivity index (χ4n) is 1.40. The van der Waals surface area contributed by atoms with Crippen molar-refractivity contribution in [3.63, 3.8) is 0 Å². The van der Waals surface area contributed by atoms with Crippen LogP contribution in [0.4, 0.5) is 0 Å². The molecular formula is C7H11N3. The molecule has 0 N–H and O–H groups in total. The minimum Gasteiger partial charge on any atom is -0.312 e. The number of rotatable bonds is 0. The molecule has 0 saturated heterocycles. The predicted octanol–water partition coefficient (Wildman–Crippen LogP) is 0.959. The van der Waals surface area contributed by atoms with Gasteiger partial charge in [0, 0.05) is 12.0 Å². The van der Waals surface area contributed by atoms with Crippen LogP contribution in [0.25, 0.3) is 0 Å². The van der Waals surface area contributed by atoms with Crippen LogP contribution < -0.4 is 0 Å². The molecule has 3 heteroatoms. The third-order valence-electron chi connectivity index (χ3n) is 2.13. The van der Waals surface area contributed by atoms with E-state index in [1.165, 1.54) is 0 Å². The lowest BCUT2D eigenvalue weighted by atomic mass is 10.0. The number of aryl methyl sites for hydroxylation is 1. The summed E-state index contributed by atoms with van der Waals surface area (Å²) in [6, 6.07) is 0. The summed E-state index contributed by atoms with van der Waals surface area (Å²) in [4.78, 5) is 0. The molecule has 10 heavy (non-hydrogen) atoms. The van der Waals surface area contributed by atoms with E-state index in [9.17, 15) is 0 Å². The first-order valence-corrected chi connectivity index (χ1v) is 3.53. The summed E-state index contributed by atoms with van der Waals surface area (Å²) in [5.41, 5.74) is 0.0515. The van der Waals surface area contributed by atoms with Crippen LogP contribution in [0.15, 0.2) is 6.30 Å². The second-order valence-electron chi connectivity index (χ2n) is 3.36. The van der Waals surface area contributed by atoms with Gasteiger partial charge in [0.1, 0.15) is 13.5 Å². The Bertz CT molecular complexity index is 290. The maximum absolute atomic E-state index is 7.48. The van der Waals surface area contributed by atoms with E-state index in [-0.39, 0.29) is 5.54 Å². The molecule has 0 saturated carbocycles. The molecule has 1 aliphatic heterocycles. The molecule has 0 unspecified atom stereocenters. The Morgan fingerprint density at radius 1 is 1.80 bits per heavy atom. The Balaban J connectivity index is 2.60. The molecular weight excluding hydrogens is 126 g/mol. The van der Waals surface area contributed by atoms with Crippen LogP contribution in [-0.4, -0.2) is 14.8 Å². The lowest BCUT2D eigenvalue weighted by Gasteiger charge is -2.18. The molecule has 54 valence electrons. The van der Waals surface area contributed by atoms with E-state index in [0.29, 0.717) is 6.30 Å². The van der Waals surface area contributed by atoms with Gasteiger partial charge in [-0.15, -0.1) is 10.2 Å². The van der Waals surface area contributed by atoms with Crippen molar-refractivity contribution < 1.29 is 1.37 Å². The number of nitrogens with zero attached hydrogens (tertiary/aromatic N) is 3. The van der Waals surface area contributed by atoms with Crippen molar-refractivity contribution in [3.8, 4) is 0 Å². The van der Waals surface area contributed by atoms with Gasteiger partial charge in [-0.2, -0.15) is 0 Å². The fraction of sp³-hybridized carbons (Fsp3) is 0.714. The summed E-state index contributed by atoms with van der Waals surface area (Å²) in [6.07, 6.45) is 2.32. The van der Waals surface area contributed by atoms with Crippen LogP contribution in [-0.2, 0) is 12.0 Å². The first kappa shape index (κ1) is 4.88. The number of fused-ring (bicyclic) bond motifs is 1. The van der Waals surface area contributed by atoms with Gasteiger partial charge in [0.2, 0.25) is 0 Å². The fourth-order valence-corrected chi connectivity index (χ4v) is 1.40. The minimum absolute atomic E-state index is 0.0515. The van der Waals surface area contributed by atoms with Gasteiger partial charge in [0.05, 0.1) is 0 Å². The van der Waals surface area contributed by atoms with Crippen molar-refractivity contribution in [2.45, 2.75) is 32.2 Å². The molecule has 0 aromatic carbocycles. The average Bonchev–Trinajstić information content (AvgIpc) is 2.38. The molecule has 1 aromatic heterocycles. The second-order valence-corrected chi connectivity index (χ2v) is 3.36. The lowest BCUT2D eigenvalue weighted by molar-refractivity contribution is 0.374. The van der Waals surface area contributed by atoms with Gasteiger partial charge in [-0.05, 0) is 20.3 Å². The van der Waals surface area contributed by atoms with E-state index >= 15 is 0 Å². The van der Waals surface area contributed by atoms with Crippen molar-refractivity contribution in [3.05, 3.63) is 12.1 Å². The Morgan fingerprint density at radius 2 is 2.60 bits per heavy atom. The highest BCUT2D eigenvalue weighted by molar-refractivity contribution is 5.01. The van der Waals surface area contributed by atoms with Gasteiger partial charge in [0.15, 0.2) is 0 Å². The number of hydrogen-bond donors (Lipinski definition) is 0. The minimum atomic E-state index is 0.0515. The van der Waals surface area contributed by atoms with Gasteiger partial charge >= 0.3 is 0 Å². The third-order valence-corrected chi connectivity index (χ3v) is 2.13. The molecule has 0 radical (unpaired) electrons. The van der Waals surface area contributed by atoms with Gasteiger partial charge in [-0.3, -0.25) is 0 Å². The maximum atomic E-state index is 7.48. The highest BCUT2D eigenvalue weighted by Crippen LogP contribution is 2.28. The van der Waals surface area contributed by atoms with Gasteiger partial charge in [-0.25, -0.2) is 0 Å². The topological polar surface area (TPSA) is 30.7 Å². The van der Waals surface area contributed by atoms with Crippen LogP contribution in [0.2, 0.25) is 0 Å². The predicted molar refractivity (Wildman–Crippen MR) is 37.7 cm³/mol. The largest absolute Gasteiger partial charge is 0.312 e. The zero-order chi connectivity index (χ0) is 8.06. The molecule has 0 atom stereocenters. The van der Waals surface area contributed by atoms with E-state index in [0.717, 1.165) is 18.7 Å². The molecule has 0 aliphatic carbocycles. The summed E-state index contributed by atoms with van der Waals surface area (Å²) in [5.74, 6) is 0.958. The Morgan fingerprint density at radius 3 is 3.30 bits per heavy atom. The number of hydrogen-bond acceptors (Lipinski definition) is 2. The second kappa shape index (κ2) is 1.59.